The molecule has 1 heterocycles. The van der Waals surface area contributed by atoms with Crippen LogP contribution in [0.15, 0.2) is 66.9 Å². The maximum absolute atomic E-state index is 12.0. The SMILES string of the molecule is CNC(=O)c1cc(Oc2cccc(NNC(=O)Nc3cccc(C)c3)c2)ccn1. The number of carbonyl (C=O) groups excluding carboxylic acids is 2. The van der Waals surface area contributed by atoms with Crippen molar-refractivity contribution in [1.29, 1.82) is 0 Å². The van der Waals surface area contributed by atoms with Crippen LogP contribution in [0, 0.1) is 6.92 Å². The van der Waals surface area contributed by atoms with Crippen LogP contribution in [0.2, 0.25) is 0 Å². The summed E-state index contributed by atoms with van der Waals surface area (Å²) in [6.45, 7) is 1.95. The van der Waals surface area contributed by atoms with Gasteiger partial charge >= 0.3 is 6.03 Å². The average Bonchev–Trinajstić information content (AvgIpc) is 2.72. The van der Waals surface area contributed by atoms with Gasteiger partial charge in [0.25, 0.3) is 5.91 Å². The Balaban J connectivity index is 1.59. The second kappa shape index (κ2) is 9.23. The van der Waals surface area contributed by atoms with E-state index in [2.05, 4.69) is 26.5 Å². The van der Waals surface area contributed by atoms with E-state index in [0.717, 1.165) is 5.56 Å². The van der Waals surface area contributed by atoms with Crippen molar-refractivity contribution < 1.29 is 14.3 Å². The van der Waals surface area contributed by atoms with Gasteiger partial charge in [0.2, 0.25) is 0 Å². The van der Waals surface area contributed by atoms with Crippen LogP contribution in [0.4, 0.5) is 16.2 Å². The van der Waals surface area contributed by atoms with Crippen molar-refractivity contribution >= 4 is 23.3 Å². The molecule has 2 aromatic carbocycles. The fourth-order valence-corrected chi connectivity index (χ4v) is 2.51. The Kier molecular flexibility index (Phi) is 6.26. The van der Waals surface area contributed by atoms with E-state index >= 15 is 0 Å². The fraction of sp³-hybridized carbons (Fsp3) is 0.0952. The molecule has 8 nitrogen and oxygen atoms in total. The number of aromatic nitrogens is 1. The minimum absolute atomic E-state index is 0.258. The number of carbonyl (C=O) groups is 2. The number of ether oxygens (including phenoxy) is 1. The van der Waals surface area contributed by atoms with Crippen LogP contribution < -0.4 is 26.2 Å². The summed E-state index contributed by atoms with van der Waals surface area (Å²) in [5, 5.41) is 5.26. The summed E-state index contributed by atoms with van der Waals surface area (Å²) in [6.07, 6.45) is 1.50. The highest BCUT2D eigenvalue weighted by molar-refractivity contribution is 5.92. The van der Waals surface area contributed by atoms with Crippen molar-refractivity contribution in [3.8, 4) is 11.5 Å². The smallest absolute Gasteiger partial charge is 0.337 e. The van der Waals surface area contributed by atoms with Crippen LogP contribution >= 0.6 is 0 Å². The van der Waals surface area contributed by atoms with Crippen LogP contribution in [0.5, 0.6) is 11.5 Å². The number of nitrogens with zero attached hydrogens (tertiary/aromatic N) is 1. The monoisotopic (exact) mass is 391 g/mol. The third kappa shape index (κ3) is 5.70. The molecule has 0 fully saturated rings. The summed E-state index contributed by atoms with van der Waals surface area (Å²) in [5.41, 5.74) is 8.03. The number of pyridine rings is 1. The first-order chi connectivity index (χ1) is 14.0. The standard InChI is InChI=1S/C21H21N5O3/c1-14-5-3-6-15(11-14)24-21(28)26-25-16-7-4-8-17(12-16)29-18-9-10-23-19(13-18)20(27)22-2/h3-13,25H,1-2H3,(H,22,27)(H2,24,26,28). The molecule has 0 saturated carbocycles. The largest absolute Gasteiger partial charge is 0.457 e. The van der Waals surface area contributed by atoms with Gasteiger partial charge in [-0.15, -0.1) is 0 Å². The summed E-state index contributed by atoms with van der Waals surface area (Å²) in [7, 11) is 1.54. The quantitative estimate of drug-likeness (QED) is 0.480. The number of anilines is 2. The van der Waals surface area contributed by atoms with Gasteiger partial charge in [-0.05, 0) is 42.8 Å². The van der Waals surface area contributed by atoms with E-state index in [4.69, 9.17) is 4.74 Å². The second-order valence-corrected chi connectivity index (χ2v) is 6.16. The molecule has 148 valence electrons. The van der Waals surface area contributed by atoms with E-state index in [1.807, 2.05) is 31.2 Å². The highest BCUT2D eigenvalue weighted by Crippen LogP contribution is 2.24. The summed E-state index contributed by atoms with van der Waals surface area (Å²) < 4.78 is 5.78. The third-order valence-corrected chi connectivity index (χ3v) is 3.86. The molecule has 0 atom stereocenters. The lowest BCUT2D eigenvalue weighted by atomic mass is 10.2. The number of hydrogen-bond donors (Lipinski definition) is 4. The third-order valence-electron chi connectivity index (χ3n) is 3.86. The first-order valence-electron chi connectivity index (χ1n) is 8.89. The molecule has 0 saturated heterocycles. The highest BCUT2D eigenvalue weighted by Gasteiger charge is 2.07. The van der Waals surface area contributed by atoms with Crippen LogP contribution in [-0.4, -0.2) is 24.0 Å². The lowest BCUT2D eigenvalue weighted by molar-refractivity contribution is 0.0958. The molecular weight excluding hydrogens is 370 g/mol. The zero-order valence-electron chi connectivity index (χ0n) is 16.0. The molecule has 3 aromatic rings. The molecule has 0 bridgehead atoms. The molecule has 0 aliphatic rings. The summed E-state index contributed by atoms with van der Waals surface area (Å²) in [4.78, 5) is 27.7. The lowest BCUT2D eigenvalue weighted by Gasteiger charge is -2.12. The van der Waals surface area contributed by atoms with Crippen molar-refractivity contribution in [1.82, 2.24) is 15.7 Å². The Morgan fingerprint density at radius 3 is 2.48 bits per heavy atom. The van der Waals surface area contributed by atoms with Gasteiger partial charge in [-0.1, -0.05) is 18.2 Å². The number of benzene rings is 2. The predicted molar refractivity (Wildman–Crippen MR) is 111 cm³/mol. The summed E-state index contributed by atoms with van der Waals surface area (Å²) in [5.74, 6) is 0.709. The van der Waals surface area contributed by atoms with Crippen molar-refractivity contribution in [2.45, 2.75) is 6.92 Å². The first-order valence-corrected chi connectivity index (χ1v) is 8.89. The van der Waals surface area contributed by atoms with Crippen molar-refractivity contribution in [3.63, 3.8) is 0 Å². The number of aryl methyl sites for hydroxylation is 1. The summed E-state index contributed by atoms with van der Waals surface area (Å²) in [6, 6.07) is 17.3. The van der Waals surface area contributed by atoms with Crippen molar-refractivity contribution in [2.75, 3.05) is 17.8 Å². The molecule has 29 heavy (non-hydrogen) atoms. The zero-order valence-corrected chi connectivity index (χ0v) is 16.0. The lowest BCUT2D eigenvalue weighted by Crippen LogP contribution is -2.33. The molecular formula is C21H21N5O3. The molecule has 0 radical (unpaired) electrons. The number of urea groups is 1. The van der Waals surface area contributed by atoms with Crippen LogP contribution in [-0.2, 0) is 0 Å². The van der Waals surface area contributed by atoms with Crippen LogP contribution in [0.1, 0.15) is 16.1 Å². The van der Waals surface area contributed by atoms with Gasteiger partial charge in [0.05, 0.1) is 5.69 Å². The summed E-state index contributed by atoms with van der Waals surface area (Å²) >= 11 is 0. The number of hydrazine groups is 1. The van der Waals surface area contributed by atoms with E-state index in [-0.39, 0.29) is 11.6 Å². The van der Waals surface area contributed by atoms with Gasteiger partial charge in [0, 0.05) is 31.1 Å². The Hall–Kier alpha value is -4.07. The van der Waals surface area contributed by atoms with Gasteiger partial charge < -0.3 is 15.4 Å². The highest BCUT2D eigenvalue weighted by atomic mass is 16.5. The van der Waals surface area contributed by atoms with Crippen LogP contribution in [0.3, 0.4) is 0 Å². The van der Waals surface area contributed by atoms with Gasteiger partial charge in [0.1, 0.15) is 17.2 Å². The number of nitrogens with one attached hydrogen (secondary N) is 4. The maximum Gasteiger partial charge on any atom is 0.337 e. The predicted octanol–water partition coefficient (Wildman–Crippen LogP) is 3.69. The van der Waals surface area contributed by atoms with E-state index in [1.54, 1.807) is 36.4 Å². The number of hydrogen-bond acceptors (Lipinski definition) is 5. The van der Waals surface area contributed by atoms with Gasteiger partial charge in [-0.25, -0.2) is 4.79 Å². The normalized spacial score (nSPS) is 10.0. The van der Waals surface area contributed by atoms with E-state index in [1.165, 1.54) is 13.2 Å². The van der Waals surface area contributed by atoms with E-state index in [0.29, 0.717) is 22.9 Å². The van der Waals surface area contributed by atoms with Gasteiger partial charge in [0.15, 0.2) is 0 Å². The van der Waals surface area contributed by atoms with E-state index < -0.39 is 6.03 Å². The topological polar surface area (TPSA) is 104 Å². The molecule has 0 aliphatic carbocycles. The second-order valence-electron chi connectivity index (χ2n) is 6.16. The molecule has 0 aliphatic heterocycles. The molecule has 3 rings (SSSR count). The minimum Gasteiger partial charge on any atom is -0.457 e. The van der Waals surface area contributed by atoms with Gasteiger partial charge in [-0.2, -0.15) is 0 Å². The fourth-order valence-electron chi connectivity index (χ4n) is 2.51. The number of amides is 3. The Bertz CT molecular complexity index is 1020. The Morgan fingerprint density at radius 1 is 0.931 bits per heavy atom. The van der Waals surface area contributed by atoms with Crippen molar-refractivity contribution in [3.05, 3.63) is 78.1 Å². The average molecular weight is 391 g/mol. The molecule has 0 unspecified atom stereocenters. The molecule has 8 heteroatoms. The molecule has 1 aromatic heterocycles. The van der Waals surface area contributed by atoms with Crippen LogP contribution in [0.25, 0.3) is 0 Å². The number of rotatable bonds is 6. The Morgan fingerprint density at radius 2 is 1.69 bits per heavy atom. The van der Waals surface area contributed by atoms with Gasteiger partial charge in [-0.3, -0.25) is 20.6 Å². The minimum atomic E-state index is -0.397. The van der Waals surface area contributed by atoms with Crippen molar-refractivity contribution in [2.24, 2.45) is 0 Å². The first kappa shape index (κ1) is 19.7. The maximum atomic E-state index is 12.0. The molecule has 0 spiro atoms. The zero-order chi connectivity index (χ0) is 20.6. The molecule has 3 amide bonds. The van der Waals surface area contributed by atoms with E-state index in [9.17, 15) is 9.59 Å². The Labute approximate surface area is 168 Å². The molecule has 4 N–H and O–H groups in total.